The average molecular weight is 290 g/mol. The minimum absolute atomic E-state index is 0.147. The van der Waals surface area contributed by atoms with Gasteiger partial charge in [-0.1, -0.05) is 0 Å². The maximum absolute atomic E-state index is 5.42. The lowest BCUT2D eigenvalue weighted by atomic mass is 10.2. The molecule has 0 saturated heterocycles. The van der Waals surface area contributed by atoms with Gasteiger partial charge in [-0.2, -0.15) is 5.10 Å². The van der Waals surface area contributed by atoms with Gasteiger partial charge in [0.25, 0.3) is 0 Å². The fourth-order valence-electron chi connectivity index (χ4n) is 2.98. The highest BCUT2D eigenvalue weighted by Crippen LogP contribution is 2.23. The summed E-state index contributed by atoms with van der Waals surface area (Å²) in [6.07, 6.45) is 2.20. The van der Waals surface area contributed by atoms with Crippen LogP contribution in [0.15, 0.2) is 0 Å². The standard InChI is InChI=1S/C14H22N6O/c1-9-11(14(21-4)19(3)18-9)8-15-10(2)13-17-16-12-6-5-7-20(12)13/h10,15H,5-8H2,1-4H3/t10-/m0/s1. The summed E-state index contributed by atoms with van der Waals surface area (Å²) in [6.45, 7) is 5.85. The highest BCUT2D eigenvalue weighted by Gasteiger charge is 2.22. The molecule has 1 atom stereocenters. The number of hydrogen-bond acceptors (Lipinski definition) is 5. The molecule has 0 bridgehead atoms. The lowest BCUT2D eigenvalue weighted by molar-refractivity contribution is 0.366. The third kappa shape index (κ3) is 2.42. The molecular weight excluding hydrogens is 268 g/mol. The number of ether oxygens (including phenoxy) is 1. The average Bonchev–Trinajstić information content (AvgIpc) is 3.10. The maximum atomic E-state index is 5.42. The first-order valence-electron chi connectivity index (χ1n) is 7.33. The van der Waals surface area contributed by atoms with E-state index in [1.165, 1.54) is 6.42 Å². The van der Waals surface area contributed by atoms with Crippen LogP contribution in [0.3, 0.4) is 0 Å². The second-order valence-corrected chi connectivity index (χ2v) is 5.53. The summed E-state index contributed by atoms with van der Waals surface area (Å²) in [5.41, 5.74) is 2.08. The second-order valence-electron chi connectivity index (χ2n) is 5.53. The third-order valence-electron chi connectivity index (χ3n) is 4.09. The van der Waals surface area contributed by atoms with Gasteiger partial charge in [0.2, 0.25) is 5.88 Å². The SMILES string of the molecule is COc1c(CN[C@@H](C)c2nnc3n2CCC3)c(C)nn1C. The Balaban J connectivity index is 1.73. The van der Waals surface area contributed by atoms with Crippen LogP contribution in [0.2, 0.25) is 0 Å². The third-order valence-corrected chi connectivity index (χ3v) is 4.09. The van der Waals surface area contributed by atoms with Crippen molar-refractivity contribution in [2.45, 2.75) is 45.8 Å². The predicted molar refractivity (Wildman–Crippen MR) is 78.1 cm³/mol. The number of nitrogens with one attached hydrogen (secondary N) is 1. The molecule has 0 aromatic carbocycles. The van der Waals surface area contributed by atoms with Crippen molar-refractivity contribution in [2.24, 2.45) is 7.05 Å². The summed E-state index contributed by atoms with van der Waals surface area (Å²) < 4.78 is 9.42. The summed E-state index contributed by atoms with van der Waals surface area (Å²) in [5, 5.41) is 16.5. The van der Waals surface area contributed by atoms with Crippen molar-refractivity contribution in [3.63, 3.8) is 0 Å². The molecule has 1 aliphatic rings. The van der Waals surface area contributed by atoms with E-state index >= 15 is 0 Å². The molecule has 0 fully saturated rings. The first-order valence-corrected chi connectivity index (χ1v) is 7.33. The molecule has 21 heavy (non-hydrogen) atoms. The molecule has 7 heteroatoms. The Kier molecular flexibility index (Phi) is 3.67. The van der Waals surface area contributed by atoms with Crippen LogP contribution >= 0.6 is 0 Å². The molecule has 0 spiro atoms. The Morgan fingerprint density at radius 3 is 2.95 bits per heavy atom. The van der Waals surface area contributed by atoms with Gasteiger partial charge >= 0.3 is 0 Å². The number of hydrogen-bond donors (Lipinski definition) is 1. The lowest BCUT2D eigenvalue weighted by Gasteiger charge is -2.14. The second kappa shape index (κ2) is 5.48. The van der Waals surface area contributed by atoms with E-state index in [1.54, 1.807) is 11.8 Å². The number of rotatable bonds is 5. The fraction of sp³-hybridized carbons (Fsp3) is 0.643. The number of fused-ring (bicyclic) bond motifs is 1. The number of nitrogens with zero attached hydrogens (tertiary/aromatic N) is 5. The predicted octanol–water partition coefficient (Wildman–Crippen LogP) is 1.13. The van der Waals surface area contributed by atoms with Gasteiger partial charge in [-0.05, 0) is 20.3 Å². The zero-order chi connectivity index (χ0) is 15.0. The van der Waals surface area contributed by atoms with Crippen LogP contribution in [0.25, 0.3) is 0 Å². The van der Waals surface area contributed by atoms with E-state index in [0.29, 0.717) is 6.54 Å². The van der Waals surface area contributed by atoms with E-state index in [4.69, 9.17) is 4.74 Å². The Bertz CT molecular complexity index is 644. The first-order chi connectivity index (χ1) is 10.1. The normalized spacial score (nSPS) is 15.2. The van der Waals surface area contributed by atoms with Crippen molar-refractivity contribution >= 4 is 0 Å². The van der Waals surface area contributed by atoms with Crippen LogP contribution in [0, 0.1) is 6.92 Å². The van der Waals surface area contributed by atoms with E-state index in [2.05, 4.69) is 32.1 Å². The van der Waals surface area contributed by atoms with Gasteiger partial charge in [-0.3, -0.25) is 0 Å². The molecule has 1 N–H and O–H groups in total. The van der Waals surface area contributed by atoms with Crippen molar-refractivity contribution in [2.75, 3.05) is 7.11 Å². The summed E-state index contributed by atoms with van der Waals surface area (Å²) in [5.74, 6) is 2.93. The van der Waals surface area contributed by atoms with Gasteiger partial charge < -0.3 is 14.6 Å². The summed E-state index contributed by atoms with van der Waals surface area (Å²) in [7, 11) is 3.57. The van der Waals surface area contributed by atoms with Crippen LogP contribution < -0.4 is 10.1 Å². The summed E-state index contributed by atoms with van der Waals surface area (Å²) in [4.78, 5) is 0. The minimum atomic E-state index is 0.147. The highest BCUT2D eigenvalue weighted by molar-refractivity contribution is 5.30. The number of aromatic nitrogens is 5. The quantitative estimate of drug-likeness (QED) is 0.894. The van der Waals surface area contributed by atoms with Gasteiger partial charge in [0.1, 0.15) is 11.6 Å². The van der Waals surface area contributed by atoms with E-state index in [-0.39, 0.29) is 6.04 Å². The Labute approximate surface area is 124 Å². The largest absolute Gasteiger partial charge is 0.481 e. The Hall–Kier alpha value is -1.89. The zero-order valence-corrected chi connectivity index (χ0v) is 13.1. The molecule has 7 nitrogen and oxygen atoms in total. The highest BCUT2D eigenvalue weighted by atomic mass is 16.5. The maximum Gasteiger partial charge on any atom is 0.216 e. The molecule has 3 heterocycles. The first kappa shape index (κ1) is 14.1. The van der Waals surface area contributed by atoms with E-state index < -0.39 is 0 Å². The van der Waals surface area contributed by atoms with E-state index in [9.17, 15) is 0 Å². The van der Waals surface area contributed by atoms with Crippen molar-refractivity contribution in [1.29, 1.82) is 0 Å². The van der Waals surface area contributed by atoms with Crippen LogP contribution in [0.4, 0.5) is 0 Å². The summed E-state index contributed by atoms with van der Waals surface area (Å²) in [6, 6.07) is 0.147. The van der Waals surface area contributed by atoms with Crippen molar-refractivity contribution < 1.29 is 4.74 Å². The molecule has 0 aliphatic carbocycles. The molecule has 1 aliphatic heterocycles. The molecule has 0 unspecified atom stereocenters. The van der Waals surface area contributed by atoms with Gasteiger partial charge in [0, 0.05) is 26.6 Å². The van der Waals surface area contributed by atoms with Crippen molar-refractivity contribution in [3.8, 4) is 5.88 Å². The monoisotopic (exact) mass is 290 g/mol. The topological polar surface area (TPSA) is 69.8 Å². The molecule has 0 saturated carbocycles. The van der Waals surface area contributed by atoms with Crippen LogP contribution in [0.5, 0.6) is 5.88 Å². The molecule has 0 radical (unpaired) electrons. The minimum Gasteiger partial charge on any atom is -0.481 e. The zero-order valence-electron chi connectivity index (χ0n) is 13.1. The van der Waals surface area contributed by atoms with Gasteiger partial charge in [-0.25, -0.2) is 4.68 Å². The Morgan fingerprint density at radius 2 is 2.19 bits per heavy atom. The molecule has 2 aromatic heterocycles. The van der Waals surface area contributed by atoms with Crippen LogP contribution in [-0.2, 0) is 26.6 Å². The van der Waals surface area contributed by atoms with E-state index in [1.807, 2.05) is 14.0 Å². The van der Waals surface area contributed by atoms with Gasteiger partial charge in [-0.15, -0.1) is 10.2 Å². The van der Waals surface area contributed by atoms with Gasteiger partial charge in [0.15, 0.2) is 0 Å². The van der Waals surface area contributed by atoms with Crippen molar-refractivity contribution in [1.82, 2.24) is 29.9 Å². The number of aryl methyl sites for hydroxylation is 3. The van der Waals surface area contributed by atoms with Crippen LogP contribution in [-0.4, -0.2) is 31.7 Å². The van der Waals surface area contributed by atoms with E-state index in [0.717, 1.165) is 41.8 Å². The smallest absolute Gasteiger partial charge is 0.216 e. The van der Waals surface area contributed by atoms with Crippen molar-refractivity contribution in [3.05, 3.63) is 22.9 Å². The Morgan fingerprint density at radius 1 is 1.38 bits per heavy atom. The van der Waals surface area contributed by atoms with Gasteiger partial charge in [0.05, 0.1) is 24.4 Å². The fourth-order valence-corrected chi connectivity index (χ4v) is 2.98. The molecule has 3 rings (SSSR count). The molecule has 0 amide bonds. The molecule has 114 valence electrons. The molecular formula is C14H22N6O. The molecule has 2 aromatic rings. The lowest BCUT2D eigenvalue weighted by Crippen LogP contribution is -2.22. The van der Waals surface area contributed by atoms with Crippen LogP contribution in [0.1, 0.15) is 42.3 Å². The number of methoxy groups -OCH3 is 1. The summed E-state index contributed by atoms with van der Waals surface area (Å²) >= 11 is 0.